The Kier molecular flexibility index (Phi) is 1.51. The molecule has 0 aromatic carbocycles. The van der Waals surface area contributed by atoms with E-state index in [2.05, 4.69) is 5.32 Å². The van der Waals surface area contributed by atoms with Crippen LogP contribution in [0.1, 0.15) is 12.8 Å². The average molecular weight is 110 g/mol. The van der Waals surface area contributed by atoms with Crippen LogP contribution in [0.4, 0.5) is 0 Å². The summed E-state index contributed by atoms with van der Waals surface area (Å²) < 4.78 is 0. The van der Waals surface area contributed by atoms with Crippen LogP contribution in [-0.4, -0.2) is 42.1 Å². The van der Waals surface area contributed by atoms with Gasteiger partial charge >= 0.3 is 0 Å². The summed E-state index contributed by atoms with van der Waals surface area (Å²) >= 11 is 0. The van der Waals surface area contributed by atoms with Crippen LogP contribution >= 0.6 is 0 Å². The topological polar surface area (TPSA) is 12.0 Å². The maximum Gasteiger partial charge on any atom is 0.0820 e. The Balaban J connectivity index is 2.58. The molecule has 0 atom stereocenters. The molecular formula is C4H5B4N. The zero-order valence-electron chi connectivity index (χ0n) is 5.22. The van der Waals surface area contributed by atoms with Crippen LogP contribution in [0.25, 0.3) is 0 Å². The summed E-state index contributed by atoms with van der Waals surface area (Å²) in [7, 11) is 21.8. The molecule has 1 aliphatic heterocycles. The monoisotopic (exact) mass is 111 g/mol. The molecule has 0 spiro atoms. The van der Waals surface area contributed by atoms with Crippen molar-refractivity contribution in [3.05, 3.63) is 0 Å². The van der Waals surface area contributed by atoms with E-state index in [0.29, 0.717) is 12.8 Å². The van der Waals surface area contributed by atoms with Gasteiger partial charge in [-0.3, -0.25) is 0 Å². The van der Waals surface area contributed by atoms with Crippen molar-refractivity contribution in [1.29, 1.82) is 0 Å². The zero-order valence-corrected chi connectivity index (χ0v) is 5.22. The van der Waals surface area contributed by atoms with Gasteiger partial charge in [-0.1, -0.05) is 23.5 Å². The lowest BCUT2D eigenvalue weighted by Crippen LogP contribution is -2.52. The zero-order chi connectivity index (χ0) is 7.12. The molecule has 0 bridgehead atoms. The molecule has 1 heterocycles. The first-order valence-corrected chi connectivity index (χ1v) is 2.86. The molecular weight excluding hydrogens is 105 g/mol. The van der Waals surface area contributed by atoms with E-state index >= 15 is 0 Å². The molecule has 0 aromatic heterocycles. The van der Waals surface area contributed by atoms with Crippen LogP contribution in [0.3, 0.4) is 0 Å². The van der Waals surface area contributed by atoms with Crippen molar-refractivity contribution in [2.24, 2.45) is 0 Å². The predicted molar refractivity (Wildman–Crippen MR) is 40.8 cm³/mol. The fourth-order valence-corrected chi connectivity index (χ4v) is 0.972. The van der Waals surface area contributed by atoms with Crippen molar-refractivity contribution >= 4 is 31.4 Å². The second-order valence-corrected chi connectivity index (χ2v) is 2.71. The minimum absolute atomic E-state index is 0.611. The Morgan fingerprint density at radius 2 is 1.22 bits per heavy atom. The van der Waals surface area contributed by atoms with E-state index in [9.17, 15) is 0 Å². The number of hydrogen-bond acceptors (Lipinski definition) is 1. The maximum absolute atomic E-state index is 5.46. The predicted octanol–water partition coefficient (Wildman–Crippen LogP) is -1.65. The van der Waals surface area contributed by atoms with Gasteiger partial charge in [0.15, 0.2) is 0 Å². The summed E-state index contributed by atoms with van der Waals surface area (Å²) in [5, 5.41) is 0.938. The van der Waals surface area contributed by atoms with Crippen LogP contribution in [0.5, 0.6) is 0 Å². The van der Waals surface area contributed by atoms with Crippen LogP contribution in [0.2, 0.25) is 0 Å². The van der Waals surface area contributed by atoms with Crippen molar-refractivity contribution in [3.8, 4) is 0 Å². The molecule has 1 N–H and O–H groups in total. The van der Waals surface area contributed by atoms with Gasteiger partial charge in [-0.25, -0.2) is 0 Å². The van der Waals surface area contributed by atoms with Gasteiger partial charge in [0.1, 0.15) is 0 Å². The highest BCUT2D eigenvalue weighted by molar-refractivity contribution is 6.45. The van der Waals surface area contributed by atoms with Gasteiger partial charge in [-0.2, -0.15) is 0 Å². The normalized spacial score (nSPS) is 30.2. The van der Waals surface area contributed by atoms with E-state index < -0.39 is 10.7 Å². The van der Waals surface area contributed by atoms with Crippen molar-refractivity contribution in [2.75, 3.05) is 0 Å². The highest BCUT2D eigenvalue weighted by Gasteiger charge is 2.32. The Morgan fingerprint density at radius 3 is 1.33 bits per heavy atom. The highest BCUT2D eigenvalue weighted by atomic mass is 15.0. The van der Waals surface area contributed by atoms with Crippen LogP contribution in [0.15, 0.2) is 0 Å². The molecule has 8 radical (unpaired) electrons. The lowest BCUT2D eigenvalue weighted by Gasteiger charge is -2.26. The van der Waals surface area contributed by atoms with E-state index in [1.165, 1.54) is 0 Å². The van der Waals surface area contributed by atoms with Crippen LogP contribution in [0, 0.1) is 0 Å². The third-order valence-electron chi connectivity index (χ3n) is 1.42. The van der Waals surface area contributed by atoms with Crippen molar-refractivity contribution in [2.45, 2.75) is 23.5 Å². The second kappa shape index (κ2) is 1.85. The second-order valence-electron chi connectivity index (χ2n) is 2.71. The minimum Gasteiger partial charge on any atom is -0.339 e. The standard InChI is InChI=1S/C4H5B4N/c5-3(6)1-2-4(7,8)9-3/h9H,1-2H2. The number of nitrogens with one attached hydrogen (secondary N) is 1. The van der Waals surface area contributed by atoms with Gasteiger partial charge in [-0.15, -0.1) is 0 Å². The van der Waals surface area contributed by atoms with E-state index in [-0.39, 0.29) is 0 Å². The smallest absolute Gasteiger partial charge is 0.0820 e. The third kappa shape index (κ3) is 1.82. The van der Waals surface area contributed by atoms with Gasteiger partial charge in [0.25, 0.3) is 0 Å². The SMILES string of the molecule is [B]C1([B])CCC([B])([B])N1. The fraction of sp³-hybridized carbons (Fsp3) is 1.00. The van der Waals surface area contributed by atoms with Gasteiger partial charge in [-0.05, 0) is 0 Å². The molecule has 1 rings (SSSR count). The minimum atomic E-state index is -0.872. The molecule has 9 heavy (non-hydrogen) atoms. The average Bonchev–Trinajstić information content (AvgIpc) is 1.78. The lowest BCUT2D eigenvalue weighted by molar-refractivity contribution is 0.663. The summed E-state index contributed by atoms with van der Waals surface area (Å²) in [6.45, 7) is 0. The Hall–Kier alpha value is 0.220. The molecule has 1 aliphatic rings. The summed E-state index contributed by atoms with van der Waals surface area (Å²) in [5.74, 6) is 0. The molecule has 1 fully saturated rings. The number of hydrogen-bond donors (Lipinski definition) is 1. The Labute approximate surface area is 61.0 Å². The molecule has 0 aliphatic carbocycles. The van der Waals surface area contributed by atoms with Gasteiger partial charge in [0.05, 0.1) is 31.4 Å². The summed E-state index contributed by atoms with van der Waals surface area (Å²) in [4.78, 5) is 0. The van der Waals surface area contributed by atoms with Crippen LogP contribution in [-0.2, 0) is 0 Å². The molecule has 1 saturated heterocycles. The molecule has 38 valence electrons. The van der Waals surface area contributed by atoms with Gasteiger partial charge in [0.2, 0.25) is 0 Å². The van der Waals surface area contributed by atoms with Gasteiger partial charge in [0, 0.05) is 0 Å². The highest BCUT2D eigenvalue weighted by Crippen LogP contribution is 2.21. The fourth-order valence-electron chi connectivity index (χ4n) is 0.972. The van der Waals surface area contributed by atoms with E-state index in [4.69, 9.17) is 31.4 Å². The van der Waals surface area contributed by atoms with Crippen molar-refractivity contribution < 1.29 is 0 Å². The summed E-state index contributed by atoms with van der Waals surface area (Å²) in [5.41, 5.74) is 0. The summed E-state index contributed by atoms with van der Waals surface area (Å²) in [6, 6.07) is 0. The van der Waals surface area contributed by atoms with E-state index in [0.717, 1.165) is 0 Å². The Morgan fingerprint density at radius 1 is 0.889 bits per heavy atom. The van der Waals surface area contributed by atoms with Crippen molar-refractivity contribution in [3.63, 3.8) is 0 Å². The molecule has 0 saturated carbocycles. The quantitative estimate of drug-likeness (QED) is 0.369. The summed E-state index contributed by atoms with van der Waals surface area (Å²) in [6.07, 6.45) is 1.22. The molecule has 0 aromatic rings. The molecule has 5 heteroatoms. The maximum atomic E-state index is 5.46. The van der Waals surface area contributed by atoms with E-state index in [1.54, 1.807) is 0 Å². The molecule has 0 unspecified atom stereocenters. The van der Waals surface area contributed by atoms with Gasteiger partial charge < -0.3 is 5.32 Å². The first kappa shape index (κ1) is 7.33. The van der Waals surface area contributed by atoms with Crippen LogP contribution < -0.4 is 5.32 Å². The largest absolute Gasteiger partial charge is 0.339 e. The van der Waals surface area contributed by atoms with Crippen molar-refractivity contribution in [1.82, 2.24) is 5.32 Å². The third-order valence-corrected chi connectivity index (χ3v) is 1.42. The number of rotatable bonds is 0. The lowest BCUT2D eigenvalue weighted by atomic mass is 9.61. The Bertz CT molecular complexity index is 108. The first-order valence-electron chi connectivity index (χ1n) is 2.86. The van der Waals surface area contributed by atoms with E-state index in [1.807, 2.05) is 0 Å². The first-order chi connectivity index (χ1) is 3.91. The molecule has 1 nitrogen and oxygen atoms in total. The molecule has 0 amide bonds.